The predicted molar refractivity (Wildman–Crippen MR) is 87.9 cm³/mol. The van der Waals surface area contributed by atoms with Crippen LogP contribution in [-0.2, 0) is 0 Å². The van der Waals surface area contributed by atoms with E-state index in [9.17, 15) is 9.59 Å². The Kier molecular flexibility index (Phi) is 4.04. The molecule has 4 heteroatoms. The molecule has 2 rings (SSSR count). The number of nitrogens with two attached hydrogens (primary N) is 2. The van der Waals surface area contributed by atoms with Gasteiger partial charge in [-0.25, -0.2) is 0 Å². The first kappa shape index (κ1) is 15.8. The number of carbonyl (C=O) groups excluding carboxylic acids is 2. The number of primary amides is 2. The lowest BCUT2D eigenvalue weighted by Gasteiger charge is -2.17. The van der Waals surface area contributed by atoms with Crippen molar-refractivity contribution in [1.82, 2.24) is 0 Å². The van der Waals surface area contributed by atoms with Crippen LogP contribution in [0.15, 0.2) is 24.3 Å². The molecule has 0 spiro atoms. The second kappa shape index (κ2) is 5.64. The Morgan fingerprint density at radius 3 is 1.05 bits per heavy atom. The standard InChI is InChI=1S/C18H20N2O2/c1-9-5-13(17(19)21)6-10(2)15(9)16-11(3)7-14(18(20)22)8-12(16)4/h5-8H,1-4H3,(H2,19,21)(H2,20,22). The molecule has 0 bridgehead atoms. The molecule has 0 aliphatic carbocycles. The fraction of sp³-hybridized carbons (Fsp3) is 0.222. The summed E-state index contributed by atoms with van der Waals surface area (Å²) in [6, 6.07) is 7.19. The van der Waals surface area contributed by atoms with Crippen molar-refractivity contribution in [1.29, 1.82) is 0 Å². The number of rotatable bonds is 3. The van der Waals surface area contributed by atoms with Crippen LogP contribution in [0.5, 0.6) is 0 Å². The van der Waals surface area contributed by atoms with Gasteiger partial charge < -0.3 is 11.5 Å². The monoisotopic (exact) mass is 296 g/mol. The van der Waals surface area contributed by atoms with Gasteiger partial charge in [0.15, 0.2) is 0 Å². The topological polar surface area (TPSA) is 86.2 Å². The largest absolute Gasteiger partial charge is 0.366 e. The summed E-state index contributed by atoms with van der Waals surface area (Å²) in [5.41, 5.74) is 17.8. The van der Waals surface area contributed by atoms with Gasteiger partial charge in [0.2, 0.25) is 11.8 Å². The number of hydrogen-bond acceptors (Lipinski definition) is 2. The van der Waals surface area contributed by atoms with Crippen molar-refractivity contribution in [3.63, 3.8) is 0 Å². The van der Waals surface area contributed by atoms with E-state index >= 15 is 0 Å². The van der Waals surface area contributed by atoms with Gasteiger partial charge in [0.25, 0.3) is 0 Å². The average Bonchev–Trinajstić information content (AvgIpc) is 2.40. The second-order valence-corrected chi connectivity index (χ2v) is 5.70. The van der Waals surface area contributed by atoms with Crippen LogP contribution in [0.4, 0.5) is 0 Å². The molecule has 0 fully saturated rings. The van der Waals surface area contributed by atoms with Crippen LogP contribution in [0.2, 0.25) is 0 Å². The summed E-state index contributed by atoms with van der Waals surface area (Å²) in [6.45, 7) is 7.82. The zero-order valence-corrected chi connectivity index (χ0v) is 13.3. The van der Waals surface area contributed by atoms with Crippen molar-refractivity contribution in [2.75, 3.05) is 0 Å². The second-order valence-electron chi connectivity index (χ2n) is 5.70. The van der Waals surface area contributed by atoms with Crippen molar-refractivity contribution < 1.29 is 9.59 Å². The summed E-state index contributed by atoms with van der Waals surface area (Å²) in [7, 11) is 0. The number of amides is 2. The number of benzene rings is 2. The summed E-state index contributed by atoms with van der Waals surface area (Å²) >= 11 is 0. The van der Waals surface area contributed by atoms with E-state index in [1.165, 1.54) is 0 Å². The van der Waals surface area contributed by atoms with E-state index in [0.717, 1.165) is 33.4 Å². The summed E-state index contributed by atoms with van der Waals surface area (Å²) in [6.07, 6.45) is 0. The number of hydrogen-bond donors (Lipinski definition) is 2. The molecule has 2 aromatic rings. The van der Waals surface area contributed by atoms with Gasteiger partial charge in [0, 0.05) is 11.1 Å². The van der Waals surface area contributed by atoms with Crippen LogP contribution < -0.4 is 11.5 Å². The third-order valence-corrected chi connectivity index (χ3v) is 3.88. The normalized spacial score (nSPS) is 10.5. The van der Waals surface area contributed by atoms with Crippen LogP contribution in [0.1, 0.15) is 43.0 Å². The van der Waals surface area contributed by atoms with Gasteiger partial charge in [-0.1, -0.05) is 0 Å². The minimum absolute atomic E-state index is 0.435. The maximum Gasteiger partial charge on any atom is 0.248 e. The van der Waals surface area contributed by atoms with E-state index in [4.69, 9.17) is 11.5 Å². The van der Waals surface area contributed by atoms with Crippen molar-refractivity contribution >= 4 is 11.8 Å². The van der Waals surface area contributed by atoms with Gasteiger partial charge in [-0.15, -0.1) is 0 Å². The van der Waals surface area contributed by atoms with E-state index in [1.54, 1.807) is 24.3 Å². The van der Waals surface area contributed by atoms with E-state index in [0.29, 0.717) is 11.1 Å². The zero-order valence-electron chi connectivity index (χ0n) is 13.3. The highest BCUT2D eigenvalue weighted by molar-refractivity contribution is 5.96. The van der Waals surface area contributed by atoms with Gasteiger partial charge in [-0.05, 0) is 85.3 Å². The molecule has 0 saturated carbocycles. The third kappa shape index (κ3) is 2.72. The first-order valence-electron chi connectivity index (χ1n) is 7.04. The molecule has 0 saturated heterocycles. The molecule has 0 aromatic heterocycles. The predicted octanol–water partition coefficient (Wildman–Crippen LogP) is 2.79. The molecular formula is C18H20N2O2. The first-order valence-corrected chi connectivity index (χ1v) is 7.04. The maximum atomic E-state index is 11.4. The average molecular weight is 296 g/mol. The number of carbonyl (C=O) groups is 2. The Morgan fingerprint density at radius 1 is 0.636 bits per heavy atom. The summed E-state index contributed by atoms with van der Waals surface area (Å²) in [4.78, 5) is 22.8. The molecule has 4 nitrogen and oxygen atoms in total. The summed E-state index contributed by atoms with van der Waals surface area (Å²) in [5, 5.41) is 0. The smallest absolute Gasteiger partial charge is 0.248 e. The fourth-order valence-corrected chi connectivity index (χ4v) is 3.00. The minimum atomic E-state index is -0.435. The van der Waals surface area contributed by atoms with Crippen molar-refractivity contribution in [2.24, 2.45) is 11.5 Å². The Morgan fingerprint density at radius 2 is 0.864 bits per heavy atom. The van der Waals surface area contributed by atoms with E-state index in [1.807, 2.05) is 27.7 Å². The molecule has 2 aromatic carbocycles. The molecule has 4 N–H and O–H groups in total. The number of aryl methyl sites for hydroxylation is 4. The van der Waals surface area contributed by atoms with Crippen LogP contribution >= 0.6 is 0 Å². The zero-order chi connectivity index (χ0) is 16.6. The van der Waals surface area contributed by atoms with Crippen molar-refractivity contribution in [3.05, 3.63) is 57.6 Å². The lowest BCUT2D eigenvalue weighted by atomic mass is 9.87. The fourth-order valence-electron chi connectivity index (χ4n) is 3.00. The minimum Gasteiger partial charge on any atom is -0.366 e. The maximum absolute atomic E-state index is 11.4. The molecule has 22 heavy (non-hydrogen) atoms. The van der Waals surface area contributed by atoms with Gasteiger partial charge in [-0.2, -0.15) is 0 Å². The van der Waals surface area contributed by atoms with E-state index in [-0.39, 0.29) is 0 Å². The molecule has 2 amide bonds. The van der Waals surface area contributed by atoms with Crippen molar-refractivity contribution in [3.8, 4) is 11.1 Å². The van der Waals surface area contributed by atoms with E-state index in [2.05, 4.69) is 0 Å². The molecular weight excluding hydrogens is 276 g/mol. The van der Waals surface area contributed by atoms with Crippen LogP contribution in [0, 0.1) is 27.7 Å². The molecule has 0 aliphatic heterocycles. The lowest BCUT2D eigenvalue weighted by molar-refractivity contribution is 0.0991. The third-order valence-electron chi connectivity index (χ3n) is 3.88. The van der Waals surface area contributed by atoms with Gasteiger partial charge in [0.1, 0.15) is 0 Å². The van der Waals surface area contributed by atoms with Gasteiger partial charge >= 0.3 is 0 Å². The lowest BCUT2D eigenvalue weighted by Crippen LogP contribution is -2.13. The quantitative estimate of drug-likeness (QED) is 0.912. The Labute approximate surface area is 130 Å². The molecule has 0 radical (unpaired) electrons. The highest BCUT2D eigenvalue weighted by Gasteiger charge is 2.15. The van der Waals surface area contributed by atoms with Crippen LogP contribution in [0.25, 0.3) is 11.1 Å². The van der Waals surface area contributed by atoms with Crippen molar-refractivity contribution in [2.45, 2.75) is 27.7 Å². The Hall–Kier alpha value is -2.62. The molecule has 0 atom stereocenters. The first-order chi connectivity index (χ1) is 10.2. The Bertz CT molecular complexity index is 678. The highest BCUT2D eigenvalue weighted by atomic mass is 16.1. The molecule has 0 aliphatic rings. The van der Waals surface area contributed by atoms with E-state index < -0.39 is 11.8 Å². The molecule has 114 valence electrons. The van der Waals surface area contributed by atoms with Crippen LogP contribution in [0.3, 0.4) is 0 Å². The highest BCUT2D eigenvalue weighted by Crippen LogP contribution is 2.34. The van der Waals surface area contributed by atoms with Gasteiger partial charge in [-0.3, -0.25) is 9.59 Å². The van der Waals surface area contributed by atoms with Gasteiger partial charge in [0.05, 0.1) is 0 Å². The molecule has 0 heterocycles. The summed E-state index contributed by atoms with van der Waals surface area (Å²) in [5.74, 6) is -0.870. The Balaban J connectivity index is 2.72. The summed E-state index contributed by atoms with van der Waals surface area (Å²) < 4.78 is 0. The SMILES string of the molecule is Cc1cc(C(N)=O)cc(C)c1-c1c(C)cc(C(N)=O)cc1C. The molecule has 0 unspecified atom stereocenters. The van der Waals surface area contributed by atoms with Crippen LogP contribution in [-0.4, -0.2) is 11.8 Å².